The molecule has 0 radical (unpaired) electrons. The van der Waals surface area contributed by atoms with Crippen LogP contribution in [0.5, 0.6) is 0 Å². The predicted octanol–water partition coefficient (Wildman–Crippen LogP) is -5.19. The summed E-state index contributed by atoms with van der Waals surface area (Å²) in [6.07, 6.45) is 1.74. The normalized spacial score (nSPS) is 11.6. The lowest BCUT2D eigenvalue weighted by Gasteiger charge is -2.22. The third-order valence-electron chi connectivity index (χ3n) is 6.28. The van der Waals surface area contributed by atoms with Gasteiger partial charge >= 0.3 is 0 Å². The first-order chi connectivity index (χ1) is 22.8. The van der Waals surface area contributed by atoms with E-state index in [1.54, 1.807) is 6.20 Å². The summed E-state index contributed by atoms with van der Waals surface area (Å²) < 4.78 is 0. The Kier molecular flexibility index (Phi) is 15.9. The summed E-state index contributed by atoms with van der Waals surface area (Å²) in [7, 11) is 0. The Morgan fingerprint density at radius 2 is 1.15 bits per heavy atom. The molecule has 260 valence electrons. The molecule has 1 aromatic carbocycles. The van der Waals surface area contributed by atoms with Gasteiger partial charge in [0, 0.05) is 36.2 Å². The molecule has 20 heteroatoms. The number of nitrogens with one attached hydrogen (secondary N) is 9. The van der Waals surface area contributed by atoms with Crippen molar-refractivity contribution in [3.05, 3.63) is 36.0 Å². The molecular formula is C28H38N10O9S. The molecule has 2 rings (SSSR count). The third-order valence-corrected chi connectivity index (χ3v) is 6.64. The molecule has 9 amide bonds. The summed E-state index contributed by atoms with van der Waals surface area (Å²) in [6.45, 7) is -1.74. The number of para-hydroxylation sites is 1. The van der Waals surface area contributed by atoms with Crippen molar-refractivity contribution in [1.82, 2.24) is 47.5 Å². The number of nitrogens with two attached hydrogens (primary N) is 1. The molecule has 0 aliphatic rings. The van der Waals surface area contributed by atoms with Gasteiger partial charge in [-0.05, 0) is 11.6 Å². The minimum atomic E-state index is -1.15. The molecule has 2 atom stereocenters. The zero-order valence-corrected chi connectivity index (χ0v) is 26.8. The Balaban J connectivity index is 1.80. The van der Waals surface area contributed by atoms with Crippen molar-refractivity contribution in [3.8, 4) is 0 Å². The lowest BCUT2D eigenvalue weighted by molar-refractivity contribution is -0.132. The fourth-order valence-corrected chi connectivity index (χ4v) is 4.20. The average molecular weight is 691 g/mol. The number of H-pyrrole nitrogens is 1. The highest BCUT2D eigenvalue weighted by Gasteiger charge is 2.27. The van der Waals surface area contributed by atoms with Gasteiger partial charge in [-0.2, -0.15) is 12.6 Å². The van der Waals surface area contributed by atoms with Crippen LogP contribution < -0.4 is 48.3 Å². The average Bonchev–Trinajstić information content (AvgIpc) is 3.46. The lowest BCUT2D eigenvalue weighted by Crippen LogP contribution is -2.55. The molecule has 0 spiro atoms. The molecule has 2 aromatic rings. The number of carbonyl (C=O) groups is 9. The van der Waals surface area contributed by atoms with Crippen molar-refractivity contribution in [2.24, 2.45) is 5.73 Å². The second-order valence-electron chi connectivity index (χ2n) is 10.1. The smallest absolute Gasteiger partial charge is 0.244 e. The highest BCUT2D eigenvalue weighted by molar-refractivity contribution is 7.80. The number of aromatic nitrogens is 1. The number of amides is 9. The van der Waals surface area contributed by atoms with E-state index in [0.717, 1.165) is 10.9 Å². The van der Waals surface area contributed by atoms with Crippen molar-refractivity contribution in [3.63, 3.8) is 0 Å². The molecule has 0 saturated heterocycles. The highest BCUT2D eigenvalue weighted by atomic mass is 32.1. The Hall–Kier alpha value is -5.66. The maximum atomic E-state index is 13.1. The maximum absolute atomic E-state index is 13.1. The van der Waals surface area contributed by atoms with E-state index < -0.39 is 105 Å². The zero-order chi connectivity index (χ0) is 35.6. The molecule has 0 bridgehead atoms. The monoisotopic (exact) mass is 690 g/mol. The summed E-state index contributed by atoms with van der Waals surface area (Å²) in [6, 6.07) is 5.16. The van der Waals surface area contributed by atoms with E-state index in [1.165, 1.54) is 6.92 Å². The zero-order valence-electron chi connectivity index (χ0n) is 25.9. The van der Waals surface area contributed by atoms with Gasteiger partial charge < -0.3 is 53.3 Å². The Morgan fingerprint density at radius 3 is 1.62 bits per heavy atom. The third kappa shape index (κ3) is 14.2. The quantitative estimate of drug-likeness (QED) is 0.0627. The van der Waals surface area contributed by atoms with E-state index in [2.05, 4.69) is 60.1 Å². The molecule has 19 nitrogen and oxygen atoms in total. The SMILES string of the molecule is CC(=O)N[C@@H](CS)C(=O)N[C@@H](Cc1c[nH]c2ccccc12)C(=O)NCC(=O)NCC(=O)NCC(=O)NCC(=O)NCC(=O)NCC(N)=O. The van der Waals surface area contributed by atoms with E-state index >= 15 is 0 Å². The Morgan fingerprint density at radius 1 is 0.667 bits per heavy atom. The van der Waals surface area contributed by atoms with Gasteiger partial charge in [-0.25, -0.2) is 0 Å². The van der Waals surface area contributed by atoms with Crippen LogP contribution in [0.3, 0.4) is 0 Å². The number of rotatable bonds is 19. The number of carbonyl (C=O) groups excluding carboxylic acids is 9. The largest absolute Gasteiger partial charge is 0.368 e. The number of aromatic amines is 1. The molecular weight excluding hydrogens is 652 g/mol. The van der Waals surface area contributed by atoms with Gasteiger partial charge in [-0.15, -0.1) is 0 Å². The van der Waals surface area contributed by atoms with Crippen LogP contribution in [0.25, 0.3) is 10.9 Å². The summed E-state index contributed by atoms with van der Waals surface area (Å²) in [5.74, 6) is -6.24. The number of fused-ring (bicyclic) bond motifs is 1. The van der Waals surface area contributed by atoms with Gasteiger partial charge in [-0.3, -0.25) is 43.2 Å². The first kappa shape index (κ1) is 38.5. The van der Waals surface area contributed by atoms with Crippen LogP contribution in [0.2, 0.25) is 0 Å². The van der Waals surface area contributed by atoms with Gasteiger partial charge in [-0.1, -0.05) is 18.2 Å². The minimum absolute atomic E-state index is 0.0326. The molecule has 1 aromatic heterocycles. The van der Waals surface area contributed by atoms with Crippen LogP contribution in [-0.2, 0) is 49.6 Å². The van der Waals surface area contributed by atoms with Gasteiger partial charge in [0.15, 0.2) is 0 Å². The van der Waals surface area contributed by atoms with Crippen molar-refractivity contribution in [2.75, 3.05) is 45.0 Å². The number of hydrogen-bond donors (Lipinski definition) is 11. The van der Waals surface area contributed by atoms with Crippen LogP contribution >= 0.6 is 12.6 Å². The molecule has 0 fully saturated rings. The van der Waals surface area contributed by atoms with Crippen LogP contribution in [0.1, 0.15) is 12.5 Å². The summed E-state index contributed by atoms with van der Waals surface area (Å²) in [4.78, 5) is 111. The van der Waals surface area contributed by atoms with Crippen LogP contribution in [0.15, 0.2) is 30.5 Å². The van der Waals surface area contributed by atoms with Gasteiger partial charge in [0.1, 0.15) is 12.1 Å². The topological polar surface area (TPSA) is 292 Å². The number of thiol groups is 1. The van der Waals surface area contributed by atoms with Crippen molar-refractivity contribution < 1.29 is 43.2 Å². The van der Waals surface area contributed by atoms with Crippen LogP contribution in [-0.4, -0.2) is 115 Å². The second-order valence-corrected chi connectivity index (χ2v) is 10.5. The number of primary amides is 1. The van der Waals surface area contributed by atoms with Gasteiger partial charge in [0.25, 0.3) is 0 Å². The van der Waals surface area contributed by atoms with Crippen molar-refractivity contribution in [2.45, 2.75) is 25.4 Å². The van der Waals surface area contributed by atoms with Crippen molar-refractivity contribution >= 4 is 76.7 Å². The summed E-state index contributed by atoms with van der Waals surface area (Å²) in [5.41, 5.74) is 6.41. The fourth-order valence-electron chi connectivity index (χ4n) is 3.95. The fraction of sp³-hybridized carbons (Fsp3) is 0.393. The molecule has 0 aliphatic heterocycles. The summed E-state index contributed by atoms with van der Waals surface area (Å²) >= 11 is 4.09. The van der Waals surface area contributed by atoms with E-state index in [9.17, 15) is 43.2 Å². The Labute approximate surface area is 279 Å². The highest BCUT2D eigenvalue weighted by Crippen LogP contribution is 2.19. The van der Waals surface area contributed by atoms with E-state index in [4.69, 9.17) is 5.73 Å². The van der Waals surface area contributed by atoms with Crippen LogP contribution in [0.4, 0.5) is 0 Å². The first-order valence-corrected chi connectivity index (χ1v) is 15.0. The standard InChI is InChI=1S/C28H38N10O9S/c1-15(39)37-20(14-48)28(47)38-19(6-16-7-30-18-5-3-2-4-17(16)18)27(46)36-13-26(45)35-12-25(44)34-11-24(43)33-10-23(42)32-9-22(41)31-8-21(29)40/h2-5,7,19-20,30,48H,6,8-14H2,1H3,(H2,29,40)(H,31,41)(H,32,42)(H,33,43)(H,34,44)(H,35,45)(H,36,46)(H,37,39)(H,38,47)/t19-,20-/m0/s1. The summed E-state index contributed by atoms with van der Waals surface area (Å²) in [5, 5.41) is 19.4. The van der Waals surface area contributed by atoms with Gasteiger partial charge in [0.2, 0.25) is 53.2 Å². The van der Waals surface area contributed by atoms with E-state index in [-0.39, 0.29) is 12.2 Å². The maximum Gasteiger partial charge on any atom is 0.244 e. The first-order valence-electron chi connectivity index (χ1n) is 14.4. The molecule has 0 unspecified atom stereocenters. The predicted molar refractivity (Wildman–Crippen MR) is 173 cm³/mol. The molecule has 48 heavy (non-hydrogen) atoms. The molecule has 0 saturated carbocycles. The number of hydrogen-bond acceptors (Lipinski definition) is 10. The minimum Gasteiger partial charge on any atom is -0.368 e. The van der Waals surface area contributed by atoms with Gasteiger partial charge in [0.05, 0.1) is 39.3 Å². The molecule has 1 heterocycles. The molecule has 11 N–H and O–H groups in total. The van der Waals surface area contributed by atoms with E-state index in [1.807, 2.05) is 24.3 Å². The molecule has 0 aliphatic carbocycles. The van der Waals surface area contributed by atoms with Crippen molar-refractivity contribution in [1.29, 1.82) is 0 Å². The lowest BCUT2D eigenvalue weighted by atomic mass is 10.0. The van der Waals surface area contributed by atoms with E-state index in [0.29, 0.717) is 5.56 Å². The second kappa shape index (κ2) is 19.8. The van der Waals surface area contributed by atoms with Crippen LogP contribution in [0, 0.1) is 0 Å². The number of benzene rings is 1. The Bertz CT molecular complexity index is 1530.